The first kappa shape index (κ1) is 11.4. The molecule has 1 heterocycles. The second-order valence-corrected chi connectivity index (χ2v) is 4.56. The van der Waals surface area contributed by atoms with Crippen LogP contribution in [0.3, 0.4) is 0 Å². The van der Waals surface area contributed by atoms with Crippen molar-refractivity contribution in [1.82, 2.24) is 4.57 Å². The fourth-order valence-corrected chi connectivity index (χ4v) is 2.18. The number of aromatic nitrogens is 1. The van der Waals surface area contributed by atoms with Gasteiger partial charge in [-0.1, -0.05) is 19.3 Å². The lowest BCUT2D eigenvalue weighted by molar-refractivity contribution is 0.0284. The Morgan fingerprint density at radius 2 is 2.19 bits per heavy atom. The minimum absolute atomic E-state index is 0.0890. The van der Waals surface area contributed by atoms with Gasteiger partial charge in [0.25, 0.3) is 0 Å². The van der Waals surface area contributed by atoms with Gasteiger partial charge in [-0.3, -0.25) is 4.79 Å². The molecule has 0 aromatic carbocycles. The number of hydrogen-bond acceptors (Lipinski definition) is 2. The number of hydrogen-bond donors (Lipinski definition) is 0. The highest BCUT2D eigenvalue weighted by atomic mass is 16.5. The Hall–Kier alpha value is -1.09. The maximum atomic E-state index is 11.8. The minimum atomic E-state index is 0.0890. The van der Waals surface area contributed by atoms with Crippen molar-refractivity contribution >= 4 is 5.78 Å². The van der Waals surface area contributed by atoms with Crippen LogP contribution in [0.2, 0.25) is 0 Å². The molecule has 0 unspecified atom stereocenters. The van der Waals surface area contributed by atoms with Crippen LogP contribution in [-0.2, 0) is 11.8 Å². The molecule has 0 radical (unpaired) electrons. The number of carbonyl (C=O) groups excluding carboxylic acids is 1. The molecule has 1 fully saturated rings. The van der Waals surface area contributed by atoms with Gasteiger partial charge in [0.1, 0.15) is 6.61 Å². The molecule has 2 rings (SSSR count). The Bertz CT molecular complexity index is 351. The van der Waals surface area contributed by atoms with E-state index in [1.165, 1.54) is 19.3 Å². The molecule has 1 saturated carbocycles. The van der Waals surface area contributed by atoms with E-state index >= 15 is 0 Å². The summed E-state index contributed by atoms with van der Waals surface area (Å²) in [7, 11) is 1.92. The Balaban J connectivity index is 1.79. The van der Waals surface area contributed by atoms with E-state index in [0.717, 1.165) is 18.4 Å². The van der Waals surface area contributed by atoms with Gasteiger partial charge in [0, 0.05) is 25.0 Å². The van der Waals surface area contributed by atoms with Crippen molar-refractivity contribution in [2.75, 3.05) is 6.61 Å². The summed E-state index contributed by atoms with van der Waals surface area (Å²) in [5.41, 5.74) is 0.748. The highest BCUT2D eigenvalue weighted by Gasteiger charge is 2.16. The van der Waals surface area contributed by atoms with Gasteiger partial charge >= 0.3 is 0 Å². The summed E-state index contributed by atoms with van der Waals surface area (Å²) in [5.74, 6) is 0.0890. The van der Waals surface area contributed by atoms with Crippen LogP contribution in [0.15, 0.2) is 18.5 Å². The van der Waals surface area contributed by atoms with Crippen molar-refractivity contribution in [3.63, 3.8) is 0 Å². The largest absolute Gasteiger partial charge is 0.370 e. The molecule has 0 saturated heterocycles. The number of ketones is 1. The molecule has 0 spiro atoms. The van der Waals surface area contributed by atoms with Crippen molar-refractivity contribution in [3.05, 3.63) is 24.0 Å². The monoisotopic (exact) mass is 221 g/mol. The number of carbonyl (C=O) groups is 1. The molecule has 1 aliphatic rings. The SMILES string of the molecule is Cn1ccc(C(=O)COC2CCCCC2)c1. The third kappa shape index (κ3) is 2.95. The lowest BCUT2D eigenvalue weighted by Crippen LogP contribution is -2.20. The second-order valence-electron chi connectivity index (χ2n) is 4.56. The van der Waals surface area contributed by atoms with Crippen LogP contribution in [0.1, 0.15) is 42.5 Å². The van der Waals surface area contributed by atoms with Crippen molar-refractivity contribution in [2.45, 2.75) is 38.2 Å². The molecule has 0 aliphatic heterocycles. The normalized spacial score (nSPS) is 17.6. The van der Waals surface area contributed by atoms with E-state index in [4.69, 9.17) is 4.74 Å². The number of aryl methyl sites for hydroxylation is 1. The molecule has 3 heteroatoms. The topological polar surface area (TPSA) is 31.2 Å². The van der Waals surface area contributed by atoms with Crippen LogP contribution in [-0.4, -0.2) is 23.1 Å². The zero-order chi connectivity index (χ0) is 11.4. The molecular weight excluding hydrogens is 202 g/mol. The molecule has 0 N–H and O–H groups in total. The van der Waals surface area contributed by atoms with Gasteiger partial charge in [-0.2, -0.15) is 0 Å². The quantitative estimate of drug-likeness (QED) is 0.732. The summed E-state index contributed by atoms with van der Waals surface area (Å²) in [6.07, 6.45) is 10.0. The predicted octanol–water partition coefficient (Wildman–Crippen LogP) is 2.56. The van der Waals surface area contributed by atoms with Gasteiger partial charge in [0.15, 0.2) is 5.78 Å². The molecule has 16 heavy (non-hydrogen) atoms. The van der Waals surface area contributed by atoms with Crippen LogP contribution in [0.5, 0.6) is 0 Å². The van der Waals surface area contributed by atoms with Crippen molar-refractivity contribution in [3.8, 4) is 0 Å². The number of rotatable bonds is 4. The zero-order valence-corrected chi connectivity index (χ0v) is 9.82. The predicted molar refractivity (Wildman–Crippen MR) is 62.6 cm³/mol. The van der Waals surface area contributed by atoms with Gasteiger partial charge in [-0.05, 0) is 18.9 Å². The summed E-state index contributed by atoms with van der Waals surface area (Å²) in [4.78, 5) is 11.8. The summed E-state index contributed by atoms with van der Waals surface area (Å²) in [5, 5.41) is 0. The van der Waals surface area contributed by atoms with E-state index in [1.807, 2.05) is 30.1 Å². The molecule has 0 bridgehead atoms. The standard InChI is InChI=1S/C13H19NO2/c1-14-8-7-11(9-14)13(15)10-16-12-5-3-2-4-6-12/h7-9,12H,2-6,10H2,1H3. The van der Waals surface area contributed by atoms with E-state index in [-0.39, 0.29) is 12.4 Å². The molecule has 0 amide bonds. The van der Waals surface area contributed by atoms with E-state index in [9.17, 15) is 4.79 Å². The first-order valence-corrected chi connectivity index (χ1v) is 6.02. The number of ether oxygens (including phenoxy) is 1. The average Bonchev–Trinajstić information content (AvgIpc) is 2.74. The van der Waals surface area contributed by atoms with Crippen molar-refractivity contribution in [1.29, 1.82) is 0 Å². The number of nitrogens with zero attached hydrogens (tertiary/aromatic N) is 1. The van der Waals surface area contributed by atoms with Crippen molar-refractivity contribution < 1.29 is 9.53 Å². The summed E-state index contributed by atoms with van der Waals surface area (Å²) < 4.78 is 7.53. The highest BCUT2D eigenvalue weighted by Crippen LogP contribution is 2.20. The van der Waals surface area contributed by atoms with Gasteiger partial charge in [-0.25, -0.2) is 0 Å². The Kier molecular flexibility index (Phi) is 3.78. The van der Waals surface area contributed by atoms with E-state index in [2.05, 4.69) is 0 Å². The molecule has 1 aromatic heterocycles. The lowest BCUT2D eigenvalue weighted by atomic mass is 9.98. The maximum Gasteiger partial charge on any atom is 0.189 e. The Morgan fingerprint density at radius 1 is 1.44 bits per heavy atom. The Labute approximate surface area is 96.4 Å². The summed E-state index contributed by atoms with van der Waals surface area (Å²) in [6.45, 7) is 0.231. The smallest absolute Gasteiger partial charge is 0.189 e. The molecule has 3 nitrogen and oxygen atoms in total. The van der Waals surface area contributed by atoms with Crippen LogP contribution >= 0.6 is 0 Å². The van der Waals surface area contributed by atoms with Crippen LogP contribution < -0.4 is 0 Å². The zero-order valence-electron chi connectivity index (χ0n) is 9.82. The van der Waals surface area contributed by atoms with Crippen LogP contribution in [0, 0.1) is 0 Å². The fourth-order valence-electron chi connectivity index (χ4n) is 2.18. The van der Waals surface area contributed by atoms with Crippen LogP contribution in [0.25, 0.3) is 0 Å². The summed E-state index contributed by atoms with van der Waals surface area (Å²) >= 11 is 0. The molecule has 88 valence electrons. The van der Waals surface area contributed by atoms with E-state index in [1.54, 1.807) is 0 Å². The molecule has 1 aromatic rings. The van der Waals surface area contributed by atoms with E-state index < -0.39 is 0 Å². The van der Waals surface area contributed by atoms with Gasteiger partial charge in [0.2, 0.25) is 0 Å². The average molecular weight is 221 g/mol. The van der Waals surface area contributed by atoms with Crippen molar-refractivity contribution in [2.24, 2.45) is 7.05 Å². The first-order valence-electron chi connectivity index (χ1n) is 6.02. The summed E-state index contributed by atoms with van der Waals surface area (Å²) in [6, 6.07) is 1.84. The number of Topliss-reactive ketones (excluding diaryl/α,β-unsaturated/α-hetero) is 1. The third-order valence-corrected chi connectivity index (χ3v) is 3.16. The Morgan fingerprint density at radius 3 is 2.81 bits per heavy atom. The highest BCUT2D eigenvalue weighted by molar-refractivity contribution is 5.96. The lowest BCUT2D eigenvalue weighted by Gasteiger charge is -2.21. The maximum absolute atomic E-state index is 11.8. The van der Waals surface area contributed by atoms with E-state index in [0.29, 0.717) is 6.10 Å². The van der Waals surface area contributed by atoms with Gasteiger partial charge in [0.05, 0.1) is 6.10 Å². The molecule has 0 atom stereocenters. The second kappa shape index (κ2) is 5.30. The third-order valence-electron chi connectivity index (χ3n) is 3.16. The van der Waals surface area contributed by atoms with Gasteiger partial charge < -0.3 is 9.30 Å². The first-order chi connectivity index (χ1) is 7.75. The fraction of sp³-hybridized carbons (Fsp3) is 0.615. The minimum Gasteiger partial charge on any atom is -0.370 e. The molecule has 1 aliphatic carbocycles. The van der Waals surface area contributed by atoms with Crippen LogP contribution in [0.4, 0.5) is 0 Å². The van der Waals surface area contributed by atoms with Gasteiger partial charge in [-0.15, -0.1) is 0 Å². The molecular formula is C13H19NO2.